The molecular weight excluding hydrogens is 310 g/mol. The van der Waals surface area contributed by atoms with E-state index in [4.69, 9.17) is 18.9 Å². The topological polar surface area (TPSA) is 58.9 Å². The fourth-order valence-electron chi connectivity index (χ4n) is 3.09. The lowest BCUT2D eigenvalue weighted by Crippen LogP contribution is -2.27. The zero-order valence-corrected chi connectivity index (χ0v) is 14.3. The Balaban J connectivity index is 2.28. The second-order valence-electron chi connectivity index (χ2n) is 5.85. The van der Waals surface area contributed by atoms with Crippen LogP contribution in [-0.4, -0.2) is 31.7 Å². The summed E-state index contributed by atoms with van der Waals surface area (Å²) in [5.74, 6) is 1.74. The van der Waals surface area contributed by atoms with Gasteiger partial charge in [0.2, 0.25) is 6.79 Å². The summed E-state index contributed by atoms with van der Waals surface area (Å²) >= 11 is 0. The quantitative estimate of drug-likeness (QED) is 0.788. The van der Waals surface area contributed by atoms with E-state index in [0.29, 0.717) is 34.7 Å². The Morgan fingerprint density at radius 1 is 1.38 bits per heavy atom. The number of hydrogen-bond donors (Lipinski definition) is 0. The van der Waals surface area contributed by atoms with Crippen molar-refractivity contribution >= 4 is 10.9 Å². The molecule has 24 heavy (non-hydrogen) atoms. The van der Waals surface area contributed by atoms with Crippen LogP contribution in [0, 0.1) is 0 Å². The second-order valence-corrected chi connectivity index (χ2v) is 5.85. The molecule has 1 atom stereocenters. The van der Waals surface area contributed by atoms with E-state index < -0.39 is 0 Å². The van der Waals surface area contributed by atoms with Crippen LogP contribution in [0.5, 0.6) is 17.2 Å². The molecule has 0 N–H and O–H groups in total. The van der Waals surface area contributed by atoms with Crippen molar-refractivity contribution in [2.45, 2.75) is 19.4 Å². The number of fused-ring (bicyclic) bond motifs is 3. The molecule has 0 fully saturated rings. The molecule has 1 aromatic heterocycles. The van der Waals surface area contributed by atoms with Crippen molar-refractivity contribution in [3.8, 4) is 17.2 Å². The zero-order chi connectivity index (χ0) is 17.4. The normalized spacial score (nSPS) is 14.0. The van der Waals surface area contributed by atoms with Crippen molar-refractivity contribution in [1.82, 2.24) is 4.57 Å². The molecule has 1 aromatic carbocycles. The smallest absolute Gasteiger partial charge is 0.257 e. The van der Waals surface area contributed by atoms with Gasteiger partial charge in [-0.15, -0.1) is 0 Å². The first-order valence-corrected chi connectivity index (χ1v) is 7.66. The van der Waals surface area contributed by atoms with Crippen molar-refractivity contribution in [3.63, 3.8) is 0 Å². The van der Waals surface area contributed by atoms with Crippen LogP contribution in [0.4, 0.5) is 0 Å². The first-order chi connectivity index (χ1) is 11.5. The second kappa shape index (κ2) is 6.20. The minimum Gasteiger partial charge on any atom is -0.496 e. The van der Waals surface area contributed by atoms with Crippen molar-refractivity contribution in [2.24, 2.45) is 7.05 Å². The third-order valence-electron chi connectivity index (χ3n) is 4.36. The van der Waals surface area contributed by atoms with Gasteiger partial charge in [-0.1, -0.05) is 12.2 Å². The van der Waals surface area contributed by atoms with E-state index in [1.165, 1.54) is 0 Å². The molecule has 0 aliphatic carbocycles. The molecule has 3 rings (SSSR count). The van der Waals surface area contributed by atoms with Crippen LogP contribution in [0.3, 0.4) is 0 Å². The summed E-state index contributed by atoms with van der Waals surface area (Å²) in [5, 5.41) is 0.801. The minimum atomic E-state index is -0.252. The molecule has 6 heteroatoms. The molecule has 2 heterocycles. The van der Waals surface area contributed by atoms with Gasteiger partial charge < -0.3 is 23.5 Å². The highest BCUT2D eigenvalue weighted by molar-refractivity contribution is 5.93. The summed E-state index contributed by atoms with van der Waals surface area (Å²) in [7, 11) is 4.89. The summed E-state index contributed by atoms with van der Waals surface area (Å²) < 4.78 is 23.6. The van der Waals surface area contributed by atoms with Gasteiger partial charge >= 0.3 is 0 Å². The Morgan fingerprint density at radius 2 is 2.12 bits per heavy atom. The van der Waals surface area contributed by atoms with E-state index >= 15 is 0 Å². The maximum atomic E-state index is 12.9. The van der Waals surface area contributed by atoms with Gasteiger partial charge in [-0.25, -0.2) is 0 Å². The minimum absolute atomic E-state index is 0.147. The van der Waals surface area contributed by atoms with Crippen molar-refractivity contribution in [3.05, 3.63) is 40.2 Å². The maximum Gasteiger partial charge on any atom is 0.257 e. The van der Waals surface area contributed by atoms with Crippen LogP contribution in [0.15, 0.2) is 29.1 Å². The number of rotatable bonds is 5. The average molecular weight is 331 g/mol. The highest BCUT2D eigenvalue weighted by atomic mass is 16.7. The molecule has 0 unspecified atom stereocenters. The Labute approximate surface area is 140 Å². The highest BCUT2D eigenvalue weighted by Gasteiger charge is 2.25. The number of hydrogen-bond acceptors (Lipinski definition) is 5. The van der Waals surface area contributed by atoms with Crippen molar-refractivity contribution < 1.29 is 18.9 Å². The average Bonchev–Trinajstić information content (AvgIpc) is 3.04. The molecular formula is C18H21NO5. The van der Waals surface area contributed by atoms with Crippen molar-refractivity contribution in [1.29, 1.82) is 0 Å². The Kier molecular flexibility index (Phi) is 4.24. The number of ether oxygens (including phenoxy) is 4. The monoisotopic (exact) mass is 331 g/mol. The predicted octanol–water partition coefficient (Wildman–Crippen LogP) is 2.41. The number of aromatic nitrogens is 1. The number of benzene rings is 1. The van der Waals surface area contributed by atoms with Gasteiger partial charge in [0.05, 0.1) is 18.8 Å². The van der Waals surface area contributed by atoms with Crippen molar-refractivity contribution in [2.75, 3.05) is 21.0 Å². The van der Waals surface area contributed by atoms with Gasteiger partial charge in [-0.2, -0.15) is 0 Å². The van der Waals surface area contributed by atoms with Crippen LogP contribution < -0.4 is 19.8 Å². The Morgan fingerprint density at radius 3 is 2.75 bits per heavy atom. The van der Waals surface area contributed by atoms with Crippen LogP contribution >= 0.6 is 0 Å². The number of pyridine rings is 1. The zero-order valence-electron chi connectivity index (χ0n) is 14.3. The van der Waals surface area contributed by atoms with Gasteiger partial charge in [0.15, 0.2) is 11.5 Å². The molecule has 0 bridgehead atoms. The lowest BCUT2D eigenvalue weighted by atomic mass is 10.0. The molecule has 1 aliphatic rings. The molecule has 0 spiro atoms. The fraction of sp³-hybridized carbons (Fsp3) is 0.389. The molecule has 0 radical (unpaired) electrons. The lowest BCUT2D eigenvalue weighted by Gasteiger charge is -2.19. The molecule has 6 nitrogen and oxygen atoms in total. The third kappa shape index (κ3) is 2.43. The summed E-state index contributed by atoms with van der Waals surface area (Å²) in [6.07, 6.45) is 0.143. The number of methoxy groups -OCH3 is 2. The van der Waals surface area contributed by atoms with E-state index in [-0.39, 0.29) is 18.5 Å². The molecule has 128 valence electrons. The molecule has 2 aromatic rings. The Bertz CT molecular complexity index is 868. The van der Waals surface area contributed by atoms with Crippen LogP contribution in [0.25, 0.3) is 10.9 Å². The number of aryl methyl sites for hydroxylation is 1. The summed E-state index contributed by atoms with van der Waals surface area (Å²) in [5.41, 5.74) is 1.93. The van der Waals surface area contributed by atoms with Gasteiger partial charge in [0, 0.05) is 26.0 Å². The fourth-order valence-corrected chi connectivity index (χ4v) is 3.09. The van der Waals surface area contributed by atoms with E-state index in [0.717, 1.165) is 11.0 Å². The van der Waals surface area contributed by atoms with E-state index in [1.54, 1.807) is 25.8 Å². The van der Waals surface area contributed by atoms with E-state index in [2.05, 4.69) is 6.58 Å². The van der Waals surface area contributed by atoms with Gasteiger partial charge in [-0.05, 0) is 19.1 Å². The summed E-state index contributed by atoms with van der Waals surface area (Å²) in [6.45, 7) is 5.95. The summed E-state index contributed by atoms with van der Waals surface area (Å²) in [4.78, 5) is 12.9. The first kappa shape index (κ1) is 16.4. The molecule has 1 aliphatic heterocycles. The van der Waals surface area contributed by atoms with Crippen LogP contribution in [-0.2, 0) is 18.2 Å². The number of nitrogens with zero attached hydrogens (tertiary/aromatic N) is 1. The SMILES string of the molecule is C=C(C)[C@H](Cc1c(OC)c2ccc3c(c2n(C)c1=O)OCO3)OC. The van der Waals surface area contributed by atoms with Gasteiger partial charge in [-0.3, -0.25) is 4.79 Å². The van der Waals surface area contributed by atoms with Gasteiger partial charge in [0.1, 0.15) is 11.3 Å². The first-order valence-electron chi connectivity index (χ1n) is 7.66. The lowest BCUT2D eigenvalue weighted by molar-refractivity contribution is 0.131. The molecule has 0 saturated heterocycles. The van der Waals surface area contributed by atoms with Crippen LogP contribution in [0.2, 0.25) is 0 Å². The largest absolute Gasteiger partial charge is 0.496 e. The third-order valence-corrected chi connectivity index (χ3v) is 4.36. The van der Waals surface area contributed by atoms with E-state index in [1.807, 2.05) is 19.1 Å². The van der Waals surface area contributed by atoms with Crippen LogP contribution in [0.1, 0.15) is 12.5 Å². The maximum absolute atomic E-state index is 12.9. The highest BCUT2D eigenvalue weighted by Crippen LogP contribution is 2.42. The standard InChI is InChI=1S/C18H21NO5/c1-10(2)14(21-4)8-12-16(22-5)11-6-7-13-17(24-9-23-13)15(11)19(3)18(12)20/h6-7,14H,1,8-9H2,2-5H3/t14-/m0/s1. The molecule has 0 amide bonds. The Hall–Kier alpha value is -2.47. The summed E-state index contributed by atoms with van der Waals surface area (Å²) in [6, 6.07) is 3.71. The molecule has 0 saturated carbocycles. The van der Waals surface area contributed by atoms with Gasteiger partial charge in [0.25, 0.3) is 5.56 Å². The van der Waals surface area contributed by atoms with E-state index in [9.17, 15) is 4.79 Å². The predicted molar refractivity (Wildman–Crippen MR) is 91.2 cm³/mol.